The number of carbonyl (C=O) groups excluding carboxylic acids is 1. The summed E-state index contributed by atoms with van der Waals surface area (Å²) in [6.45, 7) is 5.13. The molecule has 0 atom stereocenters. The van der Waals surface area contributed by atoms with Crippen LogP contribution in [0.2, 0.25) is 0 Å². The number of rotatable bonds is 4. The molecule has 49 heavy (non-hydrogen) atoms. The molecule has 2 aromatic carbocycles. The lowest BCUT2D eigenvalue weighted by atomic mass is 10.2. The Morgan fingerprint density at radius 3 is 1.80 bits per heavy atom. The van der Waals surface area contributed by atoms with Crippen molar-refractivity contribution >= 4 is 73.3 Å². The second-order valence-electron chi connectivity index (χ2n) is 11.3. The summed E-state index contributed by atoms with van der Waals surface area (Å²) in [6, 6.07) is 8.29. The third-order valence-corrected chi connectivity index (χ3v) is 8.09. The molecule has 256 valence electrons. The number of halogens is 6. The van der Waals surface area contributed by atoms with E-state index < -0.39 is 46.1 Å². The molecule has 4 aromatic heterocycles. The van der Waals surface area contributed by atoms with Crippen molar-refractivity contribution in [3.05, 3.63) is 99.9 Å². The molecule has 0 spiro atoms. The number of hydrogen-bond acceptors (Lipinski definition) is 8. The van der Waals surface area contributed by atoms with Gasteiger partial charge in [0.05, 0.1) is 0 Å². The summed E-state index contributed by atoms with van der Waals surface area (Å²) in [6.07, 6.45) is -0.738. The zero-order chi connectivity index (χ0) is 35.9. The number of fused-ring (bicyclic) bond motifs is 2. The Bertz CT molecular complexity index is 2380. The number of nitrogens with one attached hydrogen (secondary N) is 1. The first-order valence-electron chi connectivity index (χ1n) is 14.0. The summed E-state index contributed by atoms with van der Waals surface area (Å²) in [5.74, 6) is -4.21. The molecule has 0 bridgehead atoms. The fraction of sp³-hybridized carbons (Fsp3) is 0.194. The lowest BCUT2D eigenvalue weighted by Crippen LogP contribution is -2.28. The Hall–Kier alpha value is -4.47. The van der Waals surface area contributed by atoms with Gasteiger partial charge in [-0.3, -0.25) is 14.7 Å². The topological polar surface area (TPSA) is 135 Å². The van der Waals surface area contributed by atoms with E-state index in [1.165, 1.54) is 28.3 Å². The summed E-state index contributed by atoms with van der Waals surface area (Å²) in [4.78, 5) is 37.3. The van der Waals surface area contributed by atoms with Gasteiger partial charge in [0.1, 0.15) is 46.7 Å². The average Bonchev–Trinajstić information content (AvgIpc) is 3.55. The van der Waals surface area contributed by atoms with Gasteiger partial charge >= 0.3 is 6.09 Å². The van der Waals surface area contributed by atoms with Crippen LogP contribution < -0.4 is 20.6 Å². The zero-order valence-corrected chi connectivity index (χ0v) is 30.4. The maximum Gasteiger partial charge on any atom is 0.435 e. The molecule has 4 heterocycles. The van der Waals surface area contributed by atoms with Gasteiger partial charge in [0.25, 0.3) is 11.1 Å². The van der Waals surface area contributed by atoms with E-state index in [0.29, 0.717) is 36.1 Å². The predicted molar refractivity (Wildman–Crippen MR) is 186 cm³/mol. The standard InChI is InChI=1S/C18H16F2IN3O4.C13H8F2IN3O2/c1-18(2,3)28-17(26)24-11-8-13(16(25)23(4)14(11)15(21)22-24)27-12-6-5-9(19)7-10(12)20;1-19-11-8(17-18-12(11)16)5-10(13(19)20)21-9-3-2-6(14)4-7(9)15/h5-8H,1-4H3;2-5H,1H3,(H,17,18). The van der Waals surface area contributed by atoms with E-state index in [1.54, 1.807) is 27.8 Å². The minimum Gasteiger partial charge on any atom is -0.448 e. The predicted octanol–water partition coefficient (Wildman–Crippen LogP) is 7.13. The zero-order valence-electron chi connectivity index (χ0n) is 26.1. The van der Waals surface area contributed by atoms with Gasteiger partial charge in [-0.2, -0.15) is 14.9 Å². The van der Waals surface area contributed by atoms with Gasteiger partial charge in [0.15, 0.2) is 34.6 Å². The molecule has 0 aliphatic heterocycles. The highest BCUT2D eigenvalue weighted by Gasteiger charge is 2.25. The van der Waals surface area contributed by atoms with Gasteiger partial charge in [-0.1, -0.05) is 0 Å². The van der Waals surface area contributed by atoms with Crippen LogP contribution in [0, 0.1) is 30.7 Å². The van der Waals surface area contributed by atoms with Gasteiger partial charge in [-0.05, 0) is 90.2 Å². The van der Waals surface area contributed by atoms with Crippen molar-refractivity contribution in [2.45, 2.75) is 26.4 Å². The van der Waals surface area contributed by atoms with Crippen molar-refractivity contribution < 1.29 is 36.6 Å². The Morgan fingerprint density at radius 1 is 0.776 bits per heavy atom. The number of benzene rings is 2. The number of ether oxygens (including phenoxy) is 3. The Labute approximate surface area is 300 Å². The first-order valence-corrected chi connectivity index (χ1v) is 16.1. The fourth-order valence-corrected chi connectivity index (χ4v) is 6.04. The quantitative estimate of drug-likeness (QED) is 0.146. The molecule has 0 unspecified atom stereocenters. The van der Waals surface area contributed by atoms with Crippen molar-refractivity contribution in [2.75, 3.05) is 0 Å². The molecule has 0 radical (unpaired) electrons. The molecule has 12 nitrogen and oxygen atoms in total. The number of pyridine rings is 2. The number of nitrogens with zero attached hydrogens (tertiary/aromatic N) is 5. The molecule has 0 fully saturated rings. The Balaban J connectivity index is 0.000000199. The van der Waals surface area contributed by atoms with Crippen molar-refractivity contribution in [3.8, 4) is 23.0 Å². The average molecular weight is 906 g/mol. The molecule has 6 aromatic rings. The molecular formula is C31H24F4I2N6O6. The smallest absolute Gasteiger partial charge is 0.435 e. The molecule has 0 saturated carbocycles. The van der Waals surface area contributed by atoms with Crippen LogP contribution in [0.3, 0.4) is 0 Å². The van der Waals surface area contributed by atoms with E-state index in [2.05, 4.69) is 15.3 Å². The highest BCUT2D eigenvalue weighted by Crippen LogP contribution is 2.28. The summed E-state index contributed by atoms with van der Waals surface area (Å²) < 4.78 is 74.1. The van der Waals surface area contributed by atoms with E-state index in [1.807, 2.05) is 45.2 Å². The fourth-order valence-electron chi connectivity index (χ4n) is 4.43. The number of H-pyrrole nitrogens is 1. The van der Waals surface area contributed by atoms with Crippen LogP contribution >= 0.6 is 45.2 Å². The first kappa shape index (κ1) is 35.8. The van der Waals surface area contributed by atoms with Crippen LogP contribution in [0.1, 0.15) is 20.8 Å². The van der Waals surface area contributed by atoms with Crippen molar-refractivity contribution in [1.29, 1.82) is 0 Å². The number of aromatic nitrogens is 6. The lowest BCUT2D eigenvalue weighted by molar-refractivity contribution is 0.0522. The first-order chi connectivity index (χ1) is 22.9. The summed E-state index contributed by atoms with van der Waals surface area (Å²) in [5, 5.41) is 10.9. The largest absolute Gasteiger partial charge is 0.448 e. The van der Waals surface area contributed by atoms with Crippen LogP contribution in [0.25, 0.3) is 22.1 Å². The molecular weight excluding hydrogens is 882 g/mol. The number of hydrogen-bond donors (Lipinski definition) is 1. The van der Waals surface area contributed by atoms with Crippen LogP contribution in [-0.4, -0.2) is 40.8 Å². The van der Waals surface area contributed by atoms with E-state index >= 15 is 0 Å². The second kappa shape index (κ2) is 13.8. The lowest BCUT2D eigenvalue weighted by Gasteiger charge is -2.19. The summed E-state index contributed by atoms with van der Waals surface area (Å²) in [7, 11) is 3.04. The monoisotopic (exact) mass is 906 g/mol. The van der Waals surface area contributed by atoms with Crippen LogP contribution in [0.4, 0.5) is 22.4 Å². The second-order valence-corrected chi connectivity index (χ2v) is 13.4. The Kier molecular flexibility index (Phi) is 10.1. The number of aromatic amines is 1. The van der Waals surface area contributed by atoms with Crippen LogP contribution in [0.5, 0.6) is 23.0 Å². The van der Waals surface area contributed by atoms with Crippen molar-refractivity contribution in [2.24, 2.45) is 14.1 Å². The van der Waals surface area contributed by atoms with E-state index in [4.69, 9.17) is 14.2 Å². The van der Waals surface area contributed by atoms with Crippen LogP contribution in [0.15, 0.2) is 58.1 Å². The molecule has 1 N–H and O–H groups in total. The minimum absolute atomic E-state index is 0.0848. The van der Waals surface area contributed by atoms with E-state index in [-0.39, 0.29) is 28.5 Å². The van der Waals surface area contributed by atoms with Gasteiger partial charge in [-0.25, -0.2) is 22.4 Å². The summed E-state index contributed by atoms with van der Waals surface area (Å²) >= 11 is 3.91. The van der Waals surface area contributed by atoms with Gasteiger partial charge in [-0.15, -0.1) is 0 Å². The molecule has 0 saturated heterocycles. The Morgan fingerprint density at radius 2 is 1.29 bits per heavy atom. The maximum atomic E-state index is 13.9. The molecule has 6 rings (SSSR count). The molecule has 18 heteroatoms. The highest BCUT2D eigenvalue weighted by atomic mass is 127. The molecule has 0 amide bonds. The number of carbonyl (C=O) groups is 1. The normalized spacial score (nSPS) is 11.4. The van der Waals surface area contributed by atoms with Gasteiger partial charge < -0.3 is 23.3 Å². The summed E-state index contributed by atoms with van der Waals surface area (Å²) in [5.41, 5.74) is 0.0227. The molecule has 0 aliphatic rings. The molecule has 0 aliphatic carbocycles. The third-order valence-electron chi connectivity index (χ3n) is 6.61. The van der Waals surface area contributed by atoms with E-state index in [0.717, 1.165) is 28.9 Å². The SMILES string of the molecule is Cn1c(=O)c(Oc2ccc(F)cc2F)cc2c1c(I)nn2C(=O)OC(C)(C)C.Cn1c(=O)c(Oc2ccc(F)cc2F)cc2n[nH]c(I)c21. The van der Waals surface area contributed by atoms with Crippen molar-refractivity contribution in [3.63, 3.8) is 0 Å². The third kappa shape index (κ3) is 7.58. The van der Waals surface area contributed by atoms with Gasteiger partial charge in [0.2, 0.25) is 0 Å². The maximum absolute atomic E-state index is 13.9. The van der Waals surface area contributed by atoms with Crippen LogP contribution in [-0.2, 0) is 18.8 Å². The number of aryl methyl sites for hydroxylation is 2. The minimum atomic E-state index is -0.961. The highest BCUT2D eigenvalue weighted by molar-refractivity contribution is 14.1. The van der Waals surface area contributed by atoms with E-state index in [9.17, 15) is 31.9 Å². The van der Waals surface area contributed by atoms with Crippen molar-refractivity contribution in [1.82, 2.24) is 29.1 Å². The van der Waals surface area contributed by atoms with Gasteiger partial charge in [0, 0.05) is 38.4 Å².